The van der Waals surface area contributed by atoms with Gasteiger partial charge in [0, 0.05) is 51.4 Å². The number of piperazine rings is 1. The molecule has 1 N–H and O–H groups in total. The number of rotatable bonds is 7. The summed E-state index contributed by atoms with van der Waals surface area (Å²) >= 11 is 0. The fourth-order valence-electron chi connectivity index (χ4n) is 2.55. The monoisotopic (exact) mass is 341 g/mol. The quantitative estimate of drug-likeness (QED) is 0.705. The zero-order chi connectivity index (χ0) is 15.2. The van der Waals surface area contributed by atoms with Crippen molar-refractivity contribution >= 4 is 28.2 Å². The van der Waals surface area contributed by atoms with E-state index in [1.54, 1.807) is 0 Å². The van der Waals surface area contributed by atoms with Gasteiger partial charge in [-0.2, -0.15) is 0 Å². The number of sulfone groups is 1. The number of nitrogens with one attached hydrogen (secondary N) is 1. The average Bonchev–Trinajstić information content (AvgIpc) is 2.38. The lowest BCUT2D eigenvalue weighted by atomic mass is 10.2. The van der Waals surface area contributed by atoms with Crippen molar-refractivity contribution in [2.45, 2.75) is 26.3 Å². The van der Waals surface area contributed by atoms with Crippen LogP contribution in [0, 0.1) is 0 Å². The Morgan fingerprint density at radius 3 is 2.38 bits per heavy atom. The van der Waals surface area contributed by atoms with Gasteiger partial charge < -0.3 is 10.2 Å². The van der Waals surface area contributed by atoms with Crippen molar-refractivity contribution in [1.29, 1.82) is 0 Å². The van der Waals surface area contributed by atoms with Gasteiger partial charge in [0.1, 0.15) is 9.84 Å². The first-order chi connectivity index (χ1) is 9.33. The summed E-state index contributed by atoms with van der Waals surface area (Å²) in [4.78, 5) is 16.0. The van der Waals surface area contributed by atoms with Gasteiger partial charge in [-0.1, -0.05) is 6.92 Å². The molecule has 0 aromatic carbocycles. The van der Waals surface area contributed by atoms with Crippen molar-refractivity contribution in [2.75, 3.05) is 51.3 Å². The van der Waals surface area contributed by atoms with E-state index < -0.39 is 9.84 Å². The van der Waals surface area contributed by atoms with E-state index in [9.17, 15) is 13.2 Å². The van der Waals surface area contributed by atoms with Crippen LogP contribution in [0.2, 0.25) is 0 Å². The third kappa shape index (κ3) is 7.99. The summed E-state index contributed by atoms with van der Waals surface area (Å²) in [5.41, 5.74) is 0. The van der Waals surface area contributed by atoms with E-state index in [0.717, 1.165) is 32.7 Å². The molecule has 0 bridgehead atoms. The molecule has 1 amide bonds. The molecular formula is C13H28ClN3O3S. The number of amides is 1. The second-order valence-electron chi connectivity index (χ2n) is 5.45. The maximum absolute atomic E-state index is 12.1. The number of carbonyl (C=O) groups is 1. The molecule has 6 nitrogen and oxygen atoms in total. The molecule has 1 atom stereocenters. The van der Waals surface area contributed by atoms with Crippen molar-refractivity contribution in [3.63, 3.8) is 0 Å². The Morgan fingerprint density at radius 2 is 1.90 bits per heavy atom. The van der Waals surface area contributed by atoms with Crippen molar-refractivity contribution in [3.05, 3.63) is 0 Å². The third-order valence-electron chi connectivity index (χ3n) is 3.66. The van der Waals surface area contributed by atoms with Crippen LogP contribution in [0.5, 0.6) is 0 Å². The number of hydrogen-bond acceptors (Lipinski definition) is 5. The number of halogens is 1. The van der Waals surface area contributed by atoms with Gasteiger partial charge in [0.05, 0.1) is 5.75 Å². The molecule has 0 aromatic heterocycles. The van der Waals surface area contributed by atoms with E-state index in [0.29, 0.717) is 13.0 Å². The first-order valence-electron chi connectivity index (χ1n) is 7.23. The Hall–Kier alpha value is -0.370. The maximum Gasteiger partial charge on any atom is 0.223 e. The molecule has 1 unspecified atom stereocenters. The van der Waals surface area contributed by atoms with Crippen molar-refractivity contribution in [1.82, 2.24) is 15.1 Å². The molecule has 1 saturated heterocycles. The topological polar surface area (TPSA) is 69.7 Å². The summed E-state index contributed by atoms with van der Waals surface area (Å²) in [6.45, 7) is 8.52. The van der Waals surface area contributed by atoms with E-state index >= 15 is 0 Å². The van der Waals surface area contributed by atoms with Gasteiger partial charge in [-0.3, -0.25) is 9.69 Å². The van der Waals surface area contributed by atoms with E-state index in [-0.39, 0.29) is 30.1 Å². The van der Waals surface area contributed by atoms with Crippen LogP contribution in [0.25, 0.3) is 0 Å². The summed E-state index contributed by atoms with van der Waals surface area (Å²) in [7, 11) is -2.98. The first-order valence-corrected chi connectivity index (χ1v) is 9.29. The SMILES string of the molecule is CCN(CCC(=O)N1CCNCC1)C(C)CS(C)(=O)=O.Cl. The molecule has 0 aliphatic carbocycles. The molecule has 126 valence electrons. The number of carbonyl (C=O) groups excluding carboxylic acids is 1. The summed E-state index contributed by atoms with van der Waals surface area (Å²) in [5.74, 6) is 0.305. The second kappa shape index (κ2) is 9.61. The van der Waals surface area contributed by atoms with Gasteiger partial charge in [0.15, 0.2) is 0 Å². The molecule has 1 aliphatic heterocycles. The van der Waals surface area contributed by atoms with E-state index in [2.05, 4.69) is 10.2 Å². The lowest BCUT2D eigenvalue weighted by molar-refractivity contribution is -0.132. The van der Waals surface area contributed by atoms with Gasteiger partial charge in [-0.05, 0) is 13.5 Å². The molecule has 1 rings (SSSR count). The average molecular weight is 342 g/mol. The van der Waals surface area contributed by atoms with Crippen LogP contribution in [0.3, 0.4) is 0 Å². The highest BCUT2D eigenvalue weighted by atomic mass is 35.5. The zero-order valence-electron chi connectivity index (χ0n) is 13.2. The van der Waals surface area contributed by atoms with Gasteiger partial charge in [-0.25, -0.2) is 8.42 Å². The molecule has 1 aliphatic rings. The van der Waals surface area contributed by atoms with Gasteiger partial charge >= 0.3 is 0 Å². The van der Waals surface area contributed by atoms with E-state index in [1.165, 1.54) is 6.26 Å². The van der Waals surface area contributed by atoms with Crippen molar-refractivity contribution in [2.24, 2.45) is 0 Å². The van der Waals surface area contributed by atoms with Crippen LogP contribution in [0.4, 0.5) is 0 Å². The second-order valence-corrected chi connectivity index (χ2v) is 7.64. The van der Waals surface area contributed by atoms with Crippen LogP contribution >= 0.6 is 12.4 Å². The first kappa shape index (κ1) is 20.6. The van der Waals surface area contributed by atoms with Crippen LogP contribution in [0.15, 0.2) is 0 Å². The number of nitrogens with zero attached hydrogens (tertiary/aromatic N) is 2. The minimum absolute atomic E-state index is 0. The molecule has 8 heteroatoms. The molecule has 0 aromatic rings. The Kier molecular flexibility index (Phi) is 9.44. The molecule has 21 heavy (non-hydrogen) atoms. The summed E-state index contributed by atoms with van der Waals surface area (Å²) < 4.78 is 22.7. The number of hydrogen-bond donors (Lipinski definition) is 1. The molecule has 1 heterocycles. The Morgan fingerprint density at radius 1 is 1.33 bits per heavy atom. The summed E-state index contributed by atoms with van der Waals surface area (Å²) in [6, 6.07) is -0.0502. The van der Waals surface area contributed by atoms with Gasteiger partial charge in [0.2, 0.25) is 5.91 Å². The van der Waals surface area contributed by atoms with E-state index in [1.807, 2.05) is 18.7 Å². The Labute approximate surface area is 134 Å². The predicted molar refractivity (Wildman–Crippen MR) is 87.7 cm³/mol. The summed E-state index contributed by atoms with van der Waals surface area (Å²) in [6.07, 6.45) is 1.71. The molecular weight excluding hydrogens is 314 g/mol. The fraction of sp³-hybridized carbons (Fsp3) is 0.923. The minimum atomic E-state index is -2.98. The van der Waals surface area contributed by atoms with Crippen LogP contribution < -0.4 is 5.32 Å². The van der Waals surface area contributed by atoms with Crippen LogP contribution in [0.1, 0.15) is 20.3 Å². The normalized spacial score (nSPS) is 17.4. The highest BCUT2D eigenvalue weighted by Crippen LogP contribution is 2.05. The van der Waals surface area contributed by atoms with E-state index in [4.69, 9.17) is 0 Å². The van der Waals surface area contributed by atoms with Crippen molar-refractivity contribution in [3.8, 4) is 0 Å². The van der Waals surface area contributed by atoms with Crippen molar-refractivity contribution < 1.29 is 13.2 Å². The smallest absolute Gasteiger partial charge is 0.223 e. The lowest BCUT2D eigenvalue weighted by Gasteiger charge is -2.30. The largest absolute Gasteiger partial charge is 0.340 e. The maximum atomic E-state index is 12.1. The van der Waals surface area contributed by atoms with Crippen LogP contribution in [-0.4, -0.2) is 81.4 Å². The lowest BCUT2D eigenvalue weighted by Crippen LogP contribution is -2.47. The fourth-order valence-corrected chi connectivity index (χ4v) is 3.63. The Balaban J connectivity index is 0.00000400. The molecule has 0 saturated carbocycles. The van der Waals surface area contributed by atoms with Crippen LogP contribution in [-0.2, 0) is 14.6 Å². The molecule has 1 fully saturated rings. The summed E-state index contributed by atoms with van der Waals surface area (Å²) in [5, 5.41) is 3.22. The van der Waals surface area contributed by atoms with Gasteiger partial charge in [-0.15, -0.1) is 12.4 Å². The highest BCUT2D eigenvalue weighted by molar-refractivity contribution is 7.90. The van der Waals surface area contributed by atoms with Gasteiger partial charge in [0.25, 0.3) is 0 Å². The Bertz CT molecular complexity index is 411. The third-order valence-corrected chi connectivity index (χ3v) is 4.74. The highest BCUT2D eigenvalue weighted by Gasteiger charge is 2.20. The zero-order valence-corrected chi connectivity index (χ0v) is 14.8. The predicted octanol–water partition coefficient (Wildman–Crippen LogP) is -0.0149. The molecule has 0 spiro atoms. The molecule has 0 radical (unpaired) electrons. The standard InChI is InChI=1S/C13H27N3O3S.ClH/c1-4-15(12(2)11-20(3,18)19)8-5-13(17)16-9-6-14-7-10-16;/h12,14H,4-11H2,1-3H3;1H. The minimum Gasteiger partial charge on any atom is -0.340 e.